The summed E-state index contributed by atoms with van der Waals surface area (Å²) in [6.45, 7) is 4.03. The summed E-state index contributed by atoms with van der Waals surface area (Å²) in [5, 5.41) is 7.40. The summed E-state index contributed by atoms with van der Waals surface area (Å²) in [5.41, 5.74) is 6.09. The number of nitrogens with one attached hydrogen (secondary N) is 3. The predicted molar refractivity (Wildman–Crippen MR) is 117 cm³/mol. The van der Waals surface area contributed by atoms with Gasteiger partial charge in [0.2, 0.25) is 0 Å². The maximum absolute atomic E-state index is 13.1. The topological polar surface area (TPSA) is 114 Å². The number of pyridine rings is 2. The Hall–Kier alpha value is -2.53. The largest absolute Gasteiger partial charge is 0.318 e. The van der Waals surface area contributed by atoms with Crippen molar-refractivity contribution in [1.29, 1.82) is 0 Å². The van der Waals surface area contributed by atoms with Crippen LogP contribution >= 0.6 is 39.1 Å². The third-order valence-corrected chi connectivity index (χ3v) is 4.75. The SMILES string of the molecule is CCNNC(=O)c1nc(Cl)cc(C)c1NC(=O)c1cc(Br)nn1-c1ncccc1Cl. The molecule has 3 rings (SSSR count). The van der Waals surface area contributed by atoms with Crippen LogP contribution in [0.1, 0.15) is 33.5 Å². The van der Waals surface area contributed by atoms with Crippen molar-refractivity contribution >= 4 is 56.6 Å². The van der Waals surface area contributed by atoms with Gasteiger partial charge in [-0.15, -0.1) is 0 Å². The van der Waals surface area contributed by atoms with Crippen LogP contribution in [0.3, 0.4) is 0 Å². The molecule has 0 unspecified atom stereocenters. The second-order valence-electron chi connectivity index (χ2n) is 6.00. The fourth-order valence-electron chi connectivity index (χ4n) is 2.57. The van der Waals surface area contributed by atoms with Crippen molar-refractivity contribution in [2.24, 2.45) is 0 Å². The fourth-order valence-corrected chi connectivity index (χ4v) is 3.39. The number of carbonyl (C=O) groups excluding carboxylic acids is 2. The molecule has 3 aromatic rings. The van der Waals surface area contributed by atoms with Gasteiger partial charge in [0.25, 0.3) is 11.8 Å². The third kappa shape index (κ3) is 4.78. The van der Waals surface area contributed by atoms with Crippen molar-refractivity contribution in [2.75, 3.05) is 11.9 Å². The zero-order valence-electron chi connectivity index (χ0n) is 15.8. The van der Waals surface area contributed by atoms with Gasteiger partial charge in [0, 0.05) is 18.8 Å². The zero-order valence-corrected chi connectivity index (χ0v) is 18.9. The molecule has 3 aromatic heterocycles. The van der Waals surface area contributed by atoms with Crippen LogP contribution in [0.5, 0.6) is 0 Å². The highest BCUT2D eigenvalue weighted by molar-refractivity contribution is 9.10. The number of amides is 2. The van der Waals surface area contributed by atoms with Crippen molar-refractivity contribution < 1.29 is 9.59 Å². The maximum Gasteiger partial charge on any atom is 0.286 e. The van der Waals surface area contributed by atoms with E-state index in [2.05, 4.69) is 47.2 Å². The monoisotopic (exact) mass is 511 g/mol. The number of aromatic nitrogens is 4. The number of anilines is 1. The second-order valence-corrected chi connectivity index (χ2v) is 7.60. The number of hydrazine groups is 1. The average molecular weight is 513 g/mol. The van der Waals surface area contributed by atoms with Crippen LogP contribution in [-0.2, 0) is 0 Å². The molecule has 0 aliphatic rings. The van der Waals surface area contributed by atoms with Gasteiger partial charge in [-0.1, -0.05) is 30.1 Å². The van der Waals surface area contributed by atoms with Gasteiger partial charge in [-0.25, -0.2) is 20.1 Å². The number of rotatable bonds is 6. The summed E-state index contributed by atoms with van der Waals surface area (Å²) < 4.78 is 1.71. The fraction of sp³-hybridized carbons (Fsp3) is 0.167. The highest BCUT2D eigenvalue weighted by Crippen LogP contribution is 2.25. The first kappa shape index (κ1) is 22.2. The number of halogens is 3. The van der Waals surface area contributed by atoms with E-state index in [4.69, 9.17) is 23.2 Å². The van der Waals surface area contributed by atoms with E-state index < -0.39 is 11.8 Å². The standard InChI is InChI=1S/C18H16BrCl2N7O2/c1-3-23-26-18(30)15-14(9(2)7-13(21)24-15)25-17(29)11-8-12(19)27-28(11)16-10(20)5-4-6-22-16/h4-8,23H,3H2,1-2H3,(H,25,29)(H,26,30). The van der Waals surface area contributed by atoms with E-state index in [1.807, 2.05) is 6.92 Å². The molecule has 0 saturated carbocycles. The Morgan fingerprint density at radius 1 is 1.23 bits per heavy atom. The van der Waals surface area contributed by atoms with Crippen LogP contribution in [0.2, 0.25) is 10.2 Å². The van der Waals surface area contributed by atoms with E-state index in [0.29, 0.717) is 21.7 Å². The van der Waals surface area contributed by atoms with Gasteiger partial charge in [0.1, 0.15) is 15.5 Å². The van der Waals surface area contributed by atoms with Gasteiger partial charge in [0.05, 0.1) is 10.7 Å². The zero-order chi connectivity index (χ0) is 21.8. The van der Waals surface area contributed by atoms with E-state index >= 15 is 0 Å². The Kier molecular flexibility index (Phi) is 7.03. The Balaban J connectivity index is 2.00. The van der Waals surface area contributed by atoms with Crippen LogP contribution in [0.25, 0.3) is 5.82 Å². The molecule has 156 valence electrons. The lowest BCUT2D eigenvalue weighted by Crippen LogP contribution is -2.38. The molecule has 0 aliphatic heterocycles. The molecule has 0 saturated heterocycles. The van der Waals surface area contributed by atoms with Crippen molar-refractivity contribution in [2.45, 2.75) is 13.8 Å². The average Bonchev–Trinajstić information content (AvgIpc) is 3.09. The van der Waals surface area contributed by atoms with Crippen molar-refractivity contribution in [3.63, 3.8) is 0 Å². The molecule has 3 heterocycles. The van der Waals surface area contributed by atoms with Crippen LogP contribution in [0.15, 0.2) is 35.1 Å². The minimum absolute atomic E-state index is 0.0321. The van der Waals surface area contributed by atoms with Crippen LogP contribution < -0.4 is 16.2 Å². The minimum atomic E-state index is -0.542. The van der Waals surface area contributed by atoms with Crippen LogP contribution in [0, 0.1) is 6.92 Å². The summed E-state index contributed by atoms with van der Waals surface area (Å²) in [6, 6.07) is 6.36. The molecule has 0 aromatic carbocycles. The summed E-state index contributed by atoms with van der Waals surface area (Å²) in [7, 11) is 0. The summed E-state index contributed by atoms with van der Waals surface area (Å²) in [6.07, 6.45) is 1.54. The van der Waals surface area contributed by atoms with Gasteiger partial charge in [-0.05, 0) is 46.6 Å². The summed E-state index contributed by atoms with van der Waals surface area (Å²) in [4.78, 5) is 33.8. The number of hydrogen-bond acceptors (Lipinski definition) is 6. The van der Waals surface area contributed by atoms with Crippen molar-refractivity contribution in [1.82, 2.24) is 30.6 Å². The van der Waals surface area contributed by atoms with Gasteiger partial charge in [0.15, 0.2) is 11.5 Å². The minimum Gasteiger partial charge on any atom is -0.318 e. The lowest BCUT2D eigenvalue weighted by atomic mass is 10.1. The van der Waals surface area contributed by atoms with Gasteiger partial charge < -0.3 is 5.32 Å². The Labute approximate surface area is 190 Å². The van der Waals surface area contributed by atoms with Crippen LogP contribution in [-0.4, -0.2) is 38.1 Å². The lowest BCUT2D eigenvalue weighted by molar-refractivity contribution is 0.0930. The van der Waals surface area contributed by atoms with E-state index in [1.54, 1.807) is 25.1 Å². The highest BCUT2D eigenvalue weighted by atomic mass is 79.9. The Morgan fingerprint density at radius 2 is 2.00 bits per heavy atom. The molecular weight excluding hydrogens is 497 g/mol. The quantitative estimate of drug-likeness (QED) is 0.344. The second kappa shape index (κ2) is 9.52. The van der Waals surface area contributed by atoms with Gasteiger partial charge >= 0.3 is 0 Å². The highest BCUT2D eigenvalue weighted by Gasteiger charge is 2.23. The lowest BCUT2D eigenvalue weighted by Gasteiger charge is -2.14. The normalized spacial score (nSPS) is 10.7. The Bertz CT molecular complexity index is 1120. The molecule has 3 N–H and O–H groups in total. The molecular formula is C18H16BrCl2N7O2. The number of hydrogen-bond donors (Lipinski definition) is 3. The molecule has 0 aliphatic carbocycles. The first-order chi connectivity index (χ1) is 14.3. The molecule has 0 radical (unpaired) electrons. The number of nitrogens with zero attached hydrogens (tertiary/aromatic N) is 4. The Morgan fingerprint density at radius 3 is 2.70 bits per heavy atom. The van der Waals surface area contributed by atoms with E-state index in [0.717, 1.165) is 0 Å². The molecule has 0 spiro atoms. The van der Waals surface area contributed by atoms with Gasteiger partial charge in [-0.3, -0.25) is 15.0 Å². The maximum atomic E-state index is 13.1. The number of aryl methyl sites for hydroxylation is 1. The number of carbonyl (C=O) groups is 2. The summed E-state index contributed by atoms with van der Waals surface area (Å²) >= 11 is 15.5. The van der Waals surface area contributed by atoms with E-state index in [1.165, 1.54) is 16.9 Å². The van der Waals surface area contributed by atoms with Crippen molar-refractivity contribution in [3.05, 3.63) is 62.2 Å². The predicted octanol–water partition coefficient (Wildman–Crippen LogP) is 3.55. The van der Waals surface area contributed by atoms with Crippen molar-refractivity contribution in [3.8, 4) is 5.82 Å². The first-order valence-electron chi connectivity index (χ1n) is 8.70. The van der Waals surface area contributed by atoms with E-state index in [-0.39, 0.29) is 28.0 Å². The summed E-state index contributed by atoms with van der Waals surface area (Å²) in [5.74, 6) is -0.800. The molecule has 12 heteroatoms. The van der Waals surface area contributed by atoms with Crippen LogP contribution in [0.4, 0.5) is 5.69 Å². The molecule has 2 amide bonds. The first-order valence-corrected chi connectivity index (χ1v) is 10.2. The molecule has 9 nitrogen and oxygen atoms in total. The molecule has 0 fully saturated rings. The van der Waals surface area contributed by atoms with E-state index in [9.17, 15) is 9.59 Å². The molecule has 0 atom stereocenters. The molecule has 30 heavy (non-hydrogen) atoms. The third-order valence-electron chi connectivity index (χ3n) is 3.87. The van der Waals surface area contributed by atoms with Gasteiger partial charge in [-0.2, -0.15) is 5.10 Å². The smallest absolute Gasteiger partial charge is 0.286 e. The molecule has 0 bridgehead atoms.